The fourth-order valence-corrected chi connectivity index (χ4v) is 2.63. The van der Waals surface area contributed by atoms with Crippen molar-refractivity contribution in [3.63, 3.8) is 0 Å². The number of aryl methyl sites for hydroxylation is 2. The average Bonchev–Trinajstić information content (AvgIpc) is 2.98. The highest BCUT2D eigenvalue weighted by molar-refractivity contribution is 6.08. The van der Waals surface area contributed by atoms with Crippen molar-refractivity contribution in [1.82, 2.24) is 20.2 Å². The summed E-state index contributed by atoms with van der Waals surface area (Å²) in [6.45, 7) is 5.50. The first-order valence-corrected chi connectivity index (χ1v) is 8.89. The van der Waals surface area contributed by atoms with Gasteiger partial charge in [0.15, 0.2) is 0 Å². The summed E-state index contributed by atoms with van der Waals surface area (Å²) in [6.07, 6.45) is 1.50. The second kappa shape index (κ2) is 9.77. The van der Waals surface area contributed by atoms with Gasteiger partial charge in [-0.3, -0.25) is 9.63 Å². The molecule has 3 rings (SSSR count). The Morgan fingerprint density at radius 3 is 2.75 bits per heavy atom. The molecule has 0 aliphatic rings. The number of aromatic nitrogens is 3. The van der Waals surface area contributed by atoms with Crippen molar-refractivity contribution in [2.75, 3.05) is 18.5 Å². The molecule has 0 radical (unpaired) electrons. The Kier molecular flexibility index (Phi) is 7.42. The predicted molar refractivity (Wildman–Crippen MR) is 105 cm³/mol. The molecule has 0 saturated carbocycles. The fraction of sp³-hybridized carbons (Fsp3) is 0.316. The topological polar surface area (TPSA) is 101 Å². The molecule has 3 aromatic rings. The maximum atomic E-state index is 14.3. The van der Waals surface area contributed by atoms with Gasteiger partial charge in [0.2, 0.25) is 0 Å². The summed E-state index contributed by atoms with van der Waals surface area (Å²) in [5, 5.41) is 19.6. The lowest BCUT2D eigenvalue weighted by atomic mass is 10.2. The van der Waals surface area contributed by atoms with Crippen LogP contribution in [0.25, 0.3) is 11.0 Å². The molecule has 0 unspecified atom stereocenters. The number of hydroxylamine groups is 1. The minimum Gasteiger partial charge on any atom is -0.394 e. The highest BCUT2D eigenvalue weighted by Crippen LogP contribution is 2.32. The second-order valence-corrected chi connectivity index (χ2v) is 5.66. The van der Waals surface area contributed by atoms with Gasteiger partial charge < -0.3 is 15.0 Å². The van der Waals surface area contributed by atoms with Gasteiger partial charge in [-0.15, -0.1) is 5.10 Å². The molecule has 0 aliphatic carbocycles. The molecule has 0 fully saturated rings. The van der Waals surface area contributed by atoms with Gasteiger partial charge in [0.25, 0.3) is 5.91 Å². The van der Waals surface area contributed by atoms with Crippen LogP contribution in [0.4, 0.5) is 15.8 Å². The Bertz CT molecular complexity index is 958. The smallest absolute Gasteiger partial charge is 0.293 e. The molecule has 28 heavy (non-hydrogen) atoms. The molecule has 1 aromatic carbocycles. The standard InChI is InChI=1S/C17H18FN5O3.C2H6/c1-10-3-4-12(11(18)9-10)20-15-14-13(5-6-19-21-14)23(2)16(15)17(25)22-26-8-7-24;1-2/h3-6,9,20,24H,7-8H2,1-2H3,(H,22,25);1-2H3. The van der Waals surface area contributed by atoms with Crippen LogP contribution in [0.1, 0.15) is 29.9 Å². The third-order valence-corrected chi connectivity index (χ3v) is 3.83. The quantitative estimate of drug-likeness (QED) is 0.443. The van der Waals surface area contributed by atoms with E-state index in [0.29, 0.717) is 16.7 Å². The minimum absolute atomic E-state index is 0.0508. The first kappa shape index (κ1) is 21.3. The average molecular weight is 389 g/mol. The van der Waals surface area contributed by atoms with Crippen molar-refractivity contribution >= 4 is 28.3 Å². The maximum Gasteiger partial charge on any atom is 0.293 e. The SMILES string of the molecule is CC.Cc1ccc(Nc2c(C(=O)NOCCO)n(C)c3ccnnc23)c(F)c1. The number of aliphatic hydroxyl groups excluding tert-OH is 1. The molecular weight excluding hydrogens is 365 g/mol. The number of hydrogen-bond donors (Lipinski definition) is 3. The van der Waals surface area contributed by atoms with Gasteiger partial charge in [0, 0.05) is 7.05 Å². The number of fused-ring (bicyclic) bond motifs is 1. The largest absolute Gasteiger partial charge is 0.394 e. The molecule has 150 valence electrons. The third kappa shape index (κ3) is 4.44. The number of carbonyl (C=O) groups is 1. The van der Waals surface area contributed by atoms with Crippen molar-refractivity contribution in [3.8, 4) is 0 Å². The van der Waals surface area contributed by atoms with Crippen LogP contribution < -0.4 is 10.8 Å². The Labute approximate surface area is 162 Å². The van der Waals surface area contributed by atoms with E-state index in [2.05, 4.69) is 21.0 Å². The molecule has 8 nitrogen and oxygen atoms in total. The van der Waals surface area contributed by atoms with Crippen LogP contribution in [0, 0.1) is 12.7 Å². The van der Waals surface area contributed by atoms with E-state index in [1.54, 1.807) is 36.7 Å². The van der Waals surface area contributed by atoms with E-state index in [4.69, 9.17) is 9.94 Å². The molecule has 0 atom stereocenters. The number of halogens is 1. The van der Waals surface area contributed by atoms with E-state index in [9.17, 15) is 9.18 Å². The number of amides is 1. The zero-order chi connectivity index (χ0) is 20.7. The van der Waals surface area contributed by atoms with Crippen LogP contribution >= 0.6 is 0 Å². The summed E-state index contributed by atoms with van der Waals surface area (Å²) in [5.74, 6) is -1.01. The van der Waals surface area contributed by atoms with Crippen molar-refractivity contribution in [1.29, 1.82) is 0 Å². The number of rotatable bonds is 6. The van der Waals surface area contributed by atoms with Crippen LogP contribution in [0.15, 0.2) is 30.5 Å². The van der Waals surface area contributed by atoms with E-state index < -0.39 is 11.7 Å². The lowest BCUT2D eigenvalue weighted by molar-refractivity contribution is 0.0163. The number of anilines is 2. The number of nitrogens with one attached hydrogen (secondary N) is 2. The van der Waals surface area contributed by atoms with E-state index in [1.807, 2.05) is 13.8 Å². The van der Waals surface area contributed by atoms with Crippen molar-refractivity contribution in [2.24, 2.45) is 7.05 Å². The van der Waals surface area contributed by atoms with Crippen LogP contribution in [-0.4, -0.2) is 39.0 Å². The Morgan fingerprint density at radius 2 is 2.07 bits per heavy atom. The molecular formula is C19H24FN5O3. The lowest BCUT2D eigenvalue weighted by Gasteiger charge is -2.11. The summed E-state index contributed by atoms with van der Waals surface area (Å²) in [4.78, 5) is 17.4. The number of nitrogens with zero attached hydrogens (tertiary/aromatic N) is 3. The number of benzene rings is 1. The summed E-state index contributed by atoms with van der Waals surface area (Å²) in [5.41, 5.74) is 4.80. The Balaban J connectivity index is 0.00000136. The normalized spacial score (nSPS) is 10.4. The molecule has 2 heterocycles. The van der Waals surface area contributed by atoms with Gasteiger partial charge in [-0.25, -0.2) is 9.87 Å². The number of carbonyl (C=O) groups excluding carboxylic acids is 1. The van der Waals surface area contributed by atoms with Crippen LogP contribution in [0.5, 0.6) is 0 Å². The van der Waals surface area contributed by atoms with E-state index in [-0.39, 0.29) is 24.6 Å². The fourth-order valence-electron chi connectivity index (χ4n) is 2.63. The third-order valence-electron chi connectivity index (χ3n) is 3.83. The zero-order valence-corrected chi connectivity index (χ0v) is 16.3. The van der Waals surface area contributed by atoms with Gasteiger partial charge in [0.05, 0.1) is 36.3 Å². The van der Waals surface area contributed by atoms with E-state index in [0.717, 1.165) is 5.56 Å². The molecule has 9 heteroatoms. The van der Waals surface area contributed by atoms with Gasteiger partial charge in [-0.2, -0.15) is 5.10 Å². The summed E-state index contributed by atoms with van der Waals surface area (Å²) >= 11 is 0. The van der Waals surface area contributed by atoms with Crippen LogP contribution in [0.3, 0.4) is 0 Å². The first-order chi connectivity index (χ1) is 13.5. The minimum atomic E-state index is -0.561. The molecule has 0 aliphatic heterocycles. The summed E-state index contributed by atoms with van der Waals surface area (Å²) < 4.78 is 15.9. The molecule has 0 spiro atoms. The maximum absolute atomic E-state index is 14.3. The monoisotopic (exact) mass is 389 g/mol. The van der Waals surface area contributed by atoms with E-state index >= 15 is 0 Å². The van der Waals surface area contributed by atoms with Gasteiger partial charge >= 0.3 is 0 Å². The van der Waals surface area contributed by atoms with Crippen molar-refractivity contribution < 1.29 is 19.1 Å². The van der Waals surface area contributed by atoms with Gasteiger partial charge in [-0.05, 0) is 30.7 Å². The summed E-state index contributed by atoms with van der Waals surface area (Å²) in [7, 11) is 1.68. The number of aliphatic hydroxyl groups is 1. The summed E-state index contributed by atoms with van der Waals surface area (Å²) in [6, 6.07) is 6.43. The Hall–Kier alpha value is -3.04. The number of hydrogen-bond acceptors (Lipinski definition) is 6. The van der Waals surface area contributed by atoms with Crippen molar-refractivity contribution in [3.05, 3.63) is 47.5 Å². The van der Waals surface area contributed by atoms with Crippen LogP contribution in [0.2, 0.25) is 0 Å². The first-order valence-electron chi connectivity index (χ1n) is 8.89. The van der Waals surface area contributed by atoms with Gasteiger partial charge in [0.1, 0.15) is 17.0 Å². The lowest BCUT2D eigenvalue weighted by Crippen LogP contribution is -2.27. The zero-order valence-electron chi connectivity index (χ0n) is 16.3. The Morgan fingerprint density at radius 1 is 1.32 bits per heavy atom. The predicted octanol–water partition coefficient (Wildman–Crippen LogP) is 2.84. The highest BCUT2D eigenvalue weighted by atomic mass is 19.1. The molecule has 0 bridgehead atoms. The highest BCUT2D eigenvalue weighted by Gasteiger charge is 2.23. The van der Waals surface area contributed by atoms with E-state index in [1.165, 1.54) is 12.3 Å². The molecule has 0 saturated heterocycles. The van der Waals surface area contributed by atoms with Gasteiger partial charge in [-0.1, -0.05) is 19.9 Å². The molecule has 2 aromatic heterocycles. The van der Waals surface area contributed by atoms with Crippen LogP contribution in [-0.2, 0) is 11.9 Å². The molecule has 1 amide bonds. The second-order valence-electron chi connectivity index (χ2n) is 5.66. The van der Waals surface area contributed by atoms with Crippen molar-refractivity contribution in [2.45, 2.75) is 20.8 Å². The molecule has 3 N–H and O–H groups in total.